The van der Waals surface area contributed by atoms with Crippen molar-refractivity contribution in [1.29, 1.82) is 0 Å². The number of nitrogens with zero attached hydrogens (tertiary/aromatic N) is 4. The number of aromatic nitrogens is 4. The molecule has 3 N–H and O–H groups in total. The quantitative estimate of drug-likeness (QED) is 0.336. The highest BCUT2D eigenvalue weighted by atomic mass is 19.4. The number of pyridine rings is 1. The molecular formula is C24H20F4N6O3. The van der Waals surface area contributed by atoms with Crippen LogP contribution in [0.5, 0.6) is 0 Å². The van der Waals surface area contributed by atoms with E-state index in [0.29, 0.717) is 40.8 Å². The molecule has 192 valence electrons. The van der Waals surface area contributed by atoms with Crippen molar-refractivity contribution in [1.82, 2.24) is 24.9 Å². The maximum absolute atomic E-state index is 14.3. The fraction of sp³-hybridized carbons (Fsp3) is 0.208. The molecule has 0 fully saturated rings. The van der Waals surface area contributed by atoms with Crippen molar-refractivity contribution in [3.63, 3.8) is 0 Å². The van der Waals surface area contributed by atoms with Crippen molar-refractivity contribution < 1.29 is 32.3 Å². The van der Waals surface area contributed by atoms with Gasteiger partial charge in [-0.25, -0.2) is 13.9 Å². The van der Waals surface area contributed by atoms with Gasteiger partial charge in [-0.05, 0) is 50.2 Å². The Hall–Kier alpha value is -4.39. The number of fused-ring (bicyclic) bond motifs is 1. The third kappa shape index (κ3) is 5.56. The number of halogens is 4. The van der Waals surface area contributed by atoms with Gasteiger partial charge in [0.2, 0.25) is 0 Å². The van der Waals surface area contributed by atoms with Gasteiger partial charge in [0.05, 0.1) is 34.8 Å². The summed E-state index contributed by atoms with van der Waals surface area (Å²) in [6.45, 7) is 2.26. The topological polar surface area (TPSA) is 122 Å². The van der Waals surface area contributed by atoms with E-state index in [1.165, 1.54) is 29.9 Å². The minimum Gasteiger partial charge on any atom is -0.387 e. The molecule has 13 heteroatoms. The van der Waals surface area contributed by atoms with Crippen LogP contribution >= 0.6 is 0 Å². The number of imidazole rings is 1. The molecule has 0 aliphatic heterocycles. The van der Waals surface area contributed by atoms with Gasteiger partial charge < -0.3 is 15.7 Å². The highest BCUT2D eigenvalue weighted by Crippen LogP contribution is 2.32. The molecule has 0 saturated carbocycles. The first kappa shape index (κ1) is 25.7. The lowest BCUT2D eigenvalue weighted by Gasteiger charge is -2.18. The number of aliphatic hydroxyl groups is 1. The van der Waals surface area contributed by atoms with Crippen molar-refractivity contribution in [2.24, 2.45) is 0 Å². The Morgan fingerprint density at radius 1 is 1.16 bits per heavy atom. The van der Waals surface area contributed by atoms with Crippen molar-refractivity contribution in [3.05, 3.63) is 77.0 Å². The third-order valence-electron chi connectivity index (χ3n) is 5.50. The number of anilines is 1. The van der Waals surface area contributed by atoms with Crippen LogP contribution in [0.2, 0.25) is 0 Å². The highest BCUT2D eigenvalue weighted by Gasteiger charge is 2.32. The zero-order chi connectivity index (χ0) is 26.9. The molecule has 0 aliphatic rings. The Balaban J connectivity index is 1.59. The molecule has 3 aromatic heterocycles. The van der Waals surface area contributed by atoms with Crippen molar-refractivity contribution in [3.8, 4) is 11.3 Å². The van der Waals surface area contributed by atoms with Gasteiger partial charge >= 0.3 is 6.18 Å². The first-order valence-corrected chi connectivity index (χ1v) is 10.9. The number of hydrogen-bond acceptors (Lipinski definition) is 6. The Bertz CT molecular complexity index is 1500. The van der Waals surface area contributed by atoms with Gasteiger partial charge in [0.25, 0.3) is 11.8 Å². The van der Waals surface area contributed by atoms with E-state index in [1.54, 1.807) is 19.1 Å². The van der Waals surface area contributed by atoms with E-state index in [1.807, 2.05) is 0 Å². The van der Waals surface area contributed by atoms with Crippen LogP contribution < -0.4 is 10.6 Å². The van der Waals surface area contributed by atoms with Gasteiger partial charge in [0, 0.05) is 17.3 Å². The van der Waals surface area contributed by atoms with Gasteiger partial charge in [-0.2, -0.15) is 18.3 Å². The molecule has 0 unspecified atom stereocenters. The van der Waals surface area contributed by atoms with E-state index in [0.717, 1.165) is 0 Å². The van der Waals surface area contributed by atoms with Crippen molar-refractivity contribution >= 4 is 23.3 Å². The first-order chi connectivity index (χ1) is 17.5. The summed E-state index contributed by atoms with van der Waals surface area (Å²) in [6, 6.07) is 5.70. The molecule has 1 aromatic carbocycles. The zero-order valence-corrected chi connectivity index (χ0v) is 19.5. The summed E-state index contributed by atoms with van der Waals surface area (Å²) < 4.78 is 54.8. The van der Waals surface area contributed by atoms with E-state index in [2.05, 4.69) is 25.7 Å². The normalized spacial score (nSPS) is 12.4. The minimum absolute atomic E-state index is 0.125. The van der Waals surface area contributed by atoms with Crippen LogP contribution in [0, 0.1) is 12.7 Å². The summed E-state index contributed by atoms with van der Waals surface area (Å²) >= 11 is 0. The number of aliphatic hydroxyl groups excluding tert-OH is 1. The number of benzene rings is 1. The Morgan fingerprint density at radius 3 is 2.62 bits per heavy atom. The van der Waals surface area contributed by atoms with Crippen LogP contribution in [0.3, 0.4) is 0 Å². The number of carbonyl (C=O) groups excluding carboxylic acids is 2. The van der Waals surface area contributed by atoms with E-state index < -0.39 is 42.0 Å². The molecule has 0 aliphatic carbocycles. The Kier molecular flexibility index (Phi) is 6.90. The van der Waals surface area contributed by atoms with Crippen LogP contribution in [0.25, 0.3) is 16.9 Å². The maximum atomic E-state index is 14.3. The van der Waals surface area contributed by atoms with Crippen LogP contribution in [-0.4, -0.2) is 43.1 Å². The second-order valence-corrected chi connectivity index (χ2v) is 8.14. The molecule has 9 nitrogen and oxygen atoms in total. The molecule has 4 rings (SSSR count). The smallest absolute Gasteiger partial charge is 0.387 e. The van der Waals surface area contributed by atoms with E-state index >= 15 is 0 Å². The average Bonchev–Trinajstić information content (AvgIpc) is 3.25. The second kappa shape index (κ2) is 9.93. The van der Waals surface area contributed by atoms with Crippen molar-refractivity contribution in [2.45, 2.75) is 26.1 Å². The monoisotopic (exact) mass is 516 g/mol. The standard InChI is InChI=1S/C24H20F4N6O3/c1-12-17(23(37)30-13(2)16-8-15(24(26,27)28)3-4-18(16)25)7-14(9-29-12)19-5-6-21-31-20(10-34(21)33-19)32-22(36)11-35/h3-10,13,35H,11H2,1-2H3,(H,30,37)(H,32,36)/t13-/m1/s1. The SMILES string of the molecule is Cc1ncc(-c2ccc3nc(NC(=O)CO)cn3n2)cc1C(=O)N[C@H](C)c1cc(C(F)(F)F)ccc1F. The molecule has 4 aromatic rings. The molecular weight excluding hydrogens is 496 g/mol. The fourth-order valence-electron chi connectivity index (χ4n) is 3.59. The number of alkyl halides is 3. The molecule has 37 heavy (non-hydrogen) atoms. The minimum atomic E-state index is -4.66. The van der Waals surface area contributed by atoms with Crippen LogP contribution in [0.4, 0.5) is 23.4 Å². The average molecular weight is 516 g/mol. The van der Waals surface area contributed by atoms with Gasteiger partial charge in [0.15, 0.2) is 11.5 Å². The largest absolute Gasteiger partial charge is 0.416 e. The fourth-order valence-corrected chi connectivity index (χ4v) is 3.59. The van der Waals surface area contributed by atoms with Gasteiger partial charge in [-0.15, -0.1) is 0 Å². The van der Waals surface area contributed by atoms with Gasteiger partial charge in [-0.1, -0.05) is 0 Å². The van der Waals surface area contributed by atoms with E-state index in [4.69, 9.17) is 5.11 Å². The zero-order valence-electron chi connectivity index (χ0n) is 19.5. The number of hydrogen-bond donors (Lipinski definition) is 3. The summed E-state index contributed by atoms with van der Waals surface area (Å²) in [5.74, 6) is -1.99. The van der Waals surface area contributed by atoms with Gasteiger partial charge in [0.1, 0.15) is 12.4 Å². The summed E-state index contributed by atoms with van der Waals surface area (Å²) in [4.78, 5) is 32.7. The second-order valence-electron chi connectivity index (χ2n) is 8.14. The highest BCUT2D eigenvalue weighted by molar-refractivity contribution is 5.96. The third-order valence-corrected chi connectivity index (χ3v) is 5.50. The molecule has 0 radical (unpaired) electrons. The molecule has 1 atom stereocenters. The predicted molar refractivity (Wildman–Crippen MR) is 124 cm³/mol. The lowest BCUT2D eigenvalue weighted by Crippen LogP contribution is -2.28. The summed E-state index contributed by atoms with van der Waals surface area (Å²) in [6.07, 6.45) is -1.73. The Labute approximate surface area is 207 Å². The molecule has 0 saturated heterocycles. The Morgan fingerprint density at radius 2 is 1.92 bits per heavy atom. The van der Waals surface area contributed by atoms with Gasteiger partial charge in [-0.3, -0.25) is 14.6 Å². The summed E-state index contributed by atoms with van der Waals surface area (Å²) in [5.41, 5.74) is 0.405. The molecule has 3 heterocycles. The molecule has 0 spiro atoms. The van der Waals surface area contributed by atoms with Crippen molar-refractivity contribution in [2.75, 3.05) is 11.9 Å². The number of carbonyl (C=O) groups is 2. The lowest BCUT2D eigenvalue weighted by molar-refractivity contribution is -0.137. The predicted octanol–water partition coefficient (Wildman–Crippen LogP) is 3.68. The number of amides is 2. The first-order valence-electron chi connectivity index (χ1n) is 10.9. The number of rotatable bonds is 6. The van der Waals surface area contributed by atoms with Crippen LogP contribution in [-0.2, 0) is 11.0 Å². The molecule has 2 amide bonds. The van der Waals surface area contributed by atoms with Crippen LogP contribution in [0.15, 0.2) is 48.8 Å². The van der Waals surface area contributed by atoms with Crippen LogP contribution in [0.1, 0.15) is 40.1 Å². The summed E-state index contributed by atoms with van der Waals surface area (Å²) in [7, 11) is 0. The maximum Gasteiger partial charge on any atom is 0.416 e. The van der Waals surface area contributed by atoms with E-state index in [-0.39, 0.29) is 16.9 Å². The number of nitrogens with one attached hydrogen (secondary N) is 2. The lowest BCUT2D eigenvalue weighted by atomic mass is 10.0. The number of aryl methyl sites for hydroxylation is 1. The van der Waals surface area contributed by atoms with E-state index in [9.17, 15) is 27.2 Å². The molecule has 0 bridgehead atoms. The summed E-state index contributed by atoms with van der Waals surface area (Å²) in [5, 5.41) is 18.2.